The lowest BCUT2D eigenvalue weighted by Crippen LogP contribution is -2.27. The van der Waals surface area contributed by atoms with E-state index in [0.717, 1.165) is 4.47 Å². The molecule has 1 aromatic heterocycles. The van der Waals surface area contributed by atoms with E-state index in [2.05, 4.69) is 40.1 Å². The van der Waals surface area contributed by atoms with Crippen molar-refractivity contribution in [3.8, 4) is 0 Å². The van der Waals surface area contributed by atoms with Gasteiger partial charge in [-0.2, -0.15) is 0 Å². The van der Waals surface area contributed by atoms with Gasteiger partial charge in [0.05, 0.1) is 5.56 Å². The zero-order valence-electron chi connectivity index (χ0n) is 8.25. The Morgan fingerprint density at radius 3 is 2.93 bits per heavy atom. The maximum Gasteiger partial charge on any atom is 0.252 e. The van der Waals surface area contributed by atoms with Gasteiger partial charge in [0.25, 0.3) is 5.91 Å². The molecule has 1 aromatic rings. The van der Waals surface area contributed by atoms with E-state index in [1.54, 1.807) is 18.5 Å². The predicted molar refractivity (Wildman–Crippen MR) is 59.1 cm³/mol. The lowest BCUT2D eigenvalue weighted by molar-refractivity contribution is 0.0948. The molecule has 4 heteroatoms. The summed E-state index contributed by atoms with van der Waals surface area (Å²) in [6.07, 6.45) is 3.22. The van der Waals surface area contributed by atoms with Crippen molar-refractivity contribution in [2.45, 2.75) is 13.8 Å². The Bertz CT molecular complexity index is 326. The van der Waals surface area contributed by atoms with E-state index in [0.29, 0.717) is 18.0 Å². The van der Waals surface area contributed by atoms with Crippen molar-refractivity contribution in [3.05, 3.63) is 28.5 Å². The Balaban J connectivity index is 2.65. The lowest BCUT2D eigenvalue weighted by atomic mass is 10.2. The molecule has 0 unspecified atom stereocenters. The van der Waals surface area contributed by atoms with Gasteiger partial charge in [-0.3, -0.25) is 9.78 Å². The van der Waals surface area contributed by atoms with Crippen LogP contribution in [0.3, 0.4) is 0 Å². The number of halogens is 1. The monoisotopic (exact) mass is 256 g/mol. The summed E-state index contributed by atoms with van der Waals surface area (Å²) in [5, 5.41) is 2.84. The number of nitrogens with one attached hydrogen (secondary N) is 1. The average Bonchev–Trinajstić information content (AvgIpc) is 2.15. The highest BCUT2D eigenvalue weighted by molar-refractivity contribution is 9.10. The van der Waals surface area contributed by atoms with Crippen LogP contribution in [0, 0.1) is 5.92 Å². The highest BCUT2D eigenvalue weighted by Crippen LogP contribution is 2.13. The van der Waals surface area contributed by atoms with Crippen LogP contribution in [0.4, 0.5) is 0 Å². The number of amides is 1. The molecule has 0 spiro atoms. The second kappa shape index (κ2) is 5.10. The second-order valence-electron chi connectivity index (χ2n) is 3.46. The van der Waals surface area contributed by atoms with Crippen molar-refractivity contribution in [3.63, 3.8) is 0 Å². The van der Waals surface area contributed by atoms with Gasteiger partial charge in [-0.05, 0) is 27.9 Å². The molecule has 76 valence electrons. The maximum atomic E-state index is 11.6. The Morgan fingerprint density at radius 2 is 2.36 bits per heavy atom. The molecular weight excluding hydrogens is 244 g/mol. The van der Waals surface area contributed by atoms with Crippen LogP contribution in [-0.4, -0.2) is 17.4 Å². The van der Waals surface area contributed by atoms with E-state index in [9.17, 15) is 4.79 Å². The van der Waals surface area contributed by atoms with E-state index in [1.807, 2.05) is 0 Å². The Labute approximate surface area is 92.1 Å². The number of nitrogens with zero attached hydrogens (tertiary/aromatic N) is 1. The molecule has 1 heterocycles. The van der Waals surface area contributed by atoms with Crippen LogP contribution in [0.1, 0.15) is 24.2 Å². The Morgan fingerprint density at radius 1 is 1.64 bits per heavy atom. The van der Waals surface area contributed by atoms with Gasteiger partial charge < -0.3 is 5.32 Å². The van der Waals surface area contributed by atoms with Gasteiger partial charge in [-0.1, -0.05) is 13.8 Å². The molecule has 0 aliphatic heterocycles. The summed E-state index contributed by atoms with van der Waals surface area (Å²) >= 11 is 3.28. The van der Waals surface area contributed by atoms with Crippen molar-refractivity contribution in [2.75, 3.05) is 6.54 Å². The van der Waals surface area contributed by atoms with Crippen molar-refractivity contribution in [1.29, 1.82) is 0 Å². The third-order valence-electron chi connectivity index (χ3n) is 1.69. The van der Waals surface area contributed by atoms with E-state index in [-0.39, 0.29) is 5.91 Å². The van der Waals surface area contributed by atoms with Crippen LogP contribution in [0.5, 0.6) is 0 Å². The quantitative estimate of drug-likeness (QED) is 0.902. The summed E-state index contributed by atoms with van der Waals surface area (Å²) < 4.78 is 0.723. The van der Waals surface area contributed by atoms with Gasteiger partial charge >= 0.3 is 0 Å². The first kappa shape index (κ1) is 11.2. The number of carbonyl (C=O) groups is 1. The predicted octanol–water partition coefficient (Wildman–Crippen LogP) is 2.23. The van der Waals surface area contributed by atoms with Crippen LogP contribution in [0.15, 0.2) is 22.9 Å². The van der Waals surface area contributed by atoms with Crippen LogP contribution < -0.4 is 5.32 Å². The van der Waals surface area contributed by atoms with Crippen LogP contribution >= 0.6 is 15.9 Å². The molecule has 1 N–H and O–H groups in total. The third-order valence-corrected chi connectivity index (χ3v) is 2.32. The molecule has 0 saturated carbocycles. The van der Waals surface area contributed by atoms with Crippen molar-refractivity contribution >= 4 is 21.8 Å². The topological polar surface area (TPSA) is 42.0 Å². The number of rotatable bonds is 3. The van der Waals surface area contributed by atoms with Gasteiger partial charge in [0, 0.05) is 23.4 Å². The molecule has 0 saturated heterocycles. The lowest BCUT2D eigenvalue weighted by Gasteiger charge is -2.08. The fraction of sp³-hybridized carbons (Fsp3) is 0.400. The average molecular weight is 257 g/mol. The third kappa shape index (κ3) is 3.10. The number of hydrogen-bond donors (Lipinski definition) is 1. The highest BCUT2D eigenvalue weighted by atomic mass is 79.9. The van der Waals surface area contributed by atoms with Gasteiger partial charge in [0.15, 0.2) is 0 Å². The van der Waals surface area contributed by atoms with Gasteiger partial charge in [0.1, 0.15) is 0 Å². The number of aromatic nitrogens is 1. The molecule has 0 atom stereocenters. The van der Waals surface area contributed by atoms with Crippen molar-refractivity contribution < 1.29 is 4.79 Å². The smallest absolute Gasteiger partial charge is 0.252 e. The maximum absolute atomic E-state index is 11.6. The summed E-state index contributed by atoms with van der Waals surface area (Å²) in [5.41, 5.74) is 0.626. The Kier molecular flexibility index (Phi) is 4.07. The minimum Gasteiger partial charge on any atom is -0.352 e. The summed E-state index contributed by atoms with van der Waals surface area (Å²) in [6.45, 7) is 4.80. The number of hydrogen-bond acceptors (Lipinski definition) is 2. The molecule has 0 fully saturated rings. The SMILES string of the molecule is CC(C)CNC(=O)c1ccncc1Br. The first-order chi connectivity index (χ1) is 6.61. The molecular formula is C10H13BrN2O. The van der Waals surface area contributed by atoms with Gasteiger partial charge in [-0.25, -0.2) is 0 Å². The minimum atomic E-state index is -0.0621. The molecule has 0 bridgehead atoms. The fourth-order valence-corrected chi connectivity index (χ4v) is 1.38. The molecule has 3 nitrogen and oxygen atoms in total. The van der Waals surface area contributed by atoms with Crippen LogP contribution in [0.2, 0.25) is 0 Å². The highest BCUT2D eigenvalue weighted by Gasteiger charge is 2.08. The van der Waals surface area contributed by atoms with Gasteiger partial charge in [0.2, 0.25) is 0 Å². The van der Waals surface area contributed by atoms with Crippen molar-refractivity contribution in [2.24, 2.45) is 5.92 Å². The largest absolute Gasteiger partial charge is 0.352 e. The first-order valence-electron chi connectivity index (χ1n) is 4.49. The van der Waals surface area contributed by atoms with Gasteiger partial charge in [-0.15, -0.1) is 0 Å². The van der Waals surface area contributed by atoms with E-state index in [1.165, 1.54) is 0 Å². The van der Waals surface area contributed by atoms with E-state index < -0.39 is 0 Å². The summed E-state index contributed by atoms with van der Waals surface area (Å²) in [4.78, 5) is 15.5. The fourth-order valence-electron chi connectivity index (χ4n) is 0.951. The summed E-state index contributed by atoms with van der Waals surface area (Å²) in [6, 6.07) is 1.69. The molecule has 0 aromatic carbocycles. The van der Waals surface area contributed by atoms with Crippen LogP contribution in [0.25, 0.3) is 0 Å². The molecule has 0 radical (unpaired) electrons. The number of carbonyl (C=O) groups excluding carboxylic acids is 1. The van der Waals surface area contributed by atoms with E-state index in [4.69, 9.17) is 0 Å². The molecule has 1 amide bonds. The van der Waals surface area contributed by atoms with Crippen LogP contribution in [-0.2, 0) is 0 Å². The normalized spacial score (nSPS) is 10.3. The number of pyridine rings is 1. The molecule has 14 heavy (non-hydrogen) atoms. The summed E-state index contributed by atoms with van der Waals surface area (Å²) in [7, 11) is 0. The molecule has 1 rings (SSSR count). The molecule has 0 aliphatic carbocycles. The summed E-state index contributed by atoms with van der Waals surface area (Å²) in [5.74, 6) is 0.396. The molecule has 0 aliphatic rings. The van der Waals surface area contributed by atoms with E-state index >= 15 is 0 Å². The second-order valence-corrected chi connectivity index (χ2v) is 4.31. The zero-order chi connectivity index (χ0) is 10.6. The Hall–Kier alpha value is -0.900. The zero-order valence-corrected chi connectivity index (χ0v) is 9.84. The minimum absolute atomic E-state index is 0.0621. The standard InChI is InChI=1S/C10H13BrN2O/c1-7(2)5-13-10(14)8-3-4-12-6-9(8)11/h3-4,6-7H,5H2,1-2H3,(H,13,14). The first-order valence-corrected chi connectivity index (χ1v) is 5.28. The van der Waals surface area contributed by atoms with Crippen molar-refractivity contribution in [1.82, 2.24) is 10.3 Å².